The molecule has 0 saturated heterocycles. The van der Waals surface area contributed by atoms with Gasteiger partial charge in [0.1, 0.15) is 0 Å². The van der Waals surface area contributed by atoms with Gasteiger partial charge in [-0.3, -0.25) is 0 Å². The molecule has 56 valence electrons. The lowest BCUT2D eigenvalue weighted by atomic mass is 10.1. The summed E-state index contributed by atoms with van der Waals surface area (Å²) in [4.78, 5) is 1.49. The van der Waals surface area contributed by atoms with Crippen molar-refractivity contribution in [3.63, 3.8) is 0 Å². The van der Waals surface area contributed by atoms with Crippen molar-refractivity contribution in [2.75, 3.05) is 19.3 Å². The van der Waals surface area contributed by atoms with Crippen LogP contribution in [0.5, 0.6) is 0 Å². The van der Waals surface area contributed by atoms with Crippen LogP contribution < -0.4 is 5.32 Å². The molecule has 0 bridgehead atoms. The van der Waals surface area contributed by atoms with E-state index in [0.29, 0.717) is 0 Å². The second kappa shape index (κ2) is 3.84. The highest BCUT2D eigenvalue weighted by atomic mass is 32.2. The molecule has 0 atom stereocenters. The van der Waals surface area contributed by atoms with Crippen molar-refractivity contribution in [3.05, 3.63) is 23.1 Å². The highest BCUT2D eigenvalue weighted by Gasteiger charge is 2.07. The van der Waals surface area contributed by atoms with Crippen molar-refractivity contribution in [2.24, 2.45) is 0 Å². The molecule has 1 N–H and O–H groups in total. The van der Waals surface area contributed by atoms with E-state index in [-0.39, 0.29) is 0 Å². The molecule has 1 nitrogen and oxygen atoms in total. The van der Waals surface area contributed by atoms with Crippen LogP contribution in [0.25, 0.3) is 0 Å². The third-order valence-corrected chi connectivity index (χ3v) is 2.65. The zero-order valence-electron chi connectivity index (χ0n) is 6.31. The molecule has 0 aliphatic carbocycles. The molecule has 0 unspecified atom stereocenters. The van der Waals surface area contributed by atoms with E-state index in [4.69, 9.17) is 0 Å². The van der Waals surface area contributed by atoms with Crippen molar-refractivity contribution in [1.29, 1.82) is 0 Å². The fourth-order valence-electron chi connectivity index (χ4n) is 1.10. The molecule has 2 heteroatoms. The van der Waals surface area contributed by atoms with Gasteiger partial charge in [0, 0.05) is 13.1 Å². The predicted molar refractivity (Wildman–Crippen MR) is 48.2 cm³/mol. The summed E-state index contributed by atoms with van der Waals surface area (Å²) in [7, 11) is 0. The van der Waals surface area contributed by atoms with Gasteiger partial charge in [-0.15, -0.1) is 11.8 Å². The fourth-order valence-corrected chi connectivity index (χ4v) is 1.83. The Morgan fingerprint density at radius 1 is 1.70 bits per heavy atom. The zero-order valence-corrected chi connectivity index (χ0v) is 7.13. The van der Waals surface area contributed by atoms with E-state index in [1.54, 1.807) is 0 Å². The first-order valence-electron chi connectivity index (χ1n) is 3.47. The van der Waals surface area contributed by atoms with Gasteiger partial charge in [0.15, 0.2) is 0 Å². The molecule has 1 aliphatic rings. The molecule has 0 radical (unpaired) electrons. The minimum Gasteiger partial charge on any atom is -0.312 e. The van der Waals surface area contributed by atoms with E-state index < -0.39 is 0 Å². The highest BCUT2D eigenvalue weighted by molar-refractivity contribution is 8.02. The maximum Gasteiger partial charge on any atom is 0.0213 e. The van der Waals surface area contributed by atoms with Crippen LogP contribution in [0, 0.1) is 0 Å². The Morgan fingerprint density at radius 3 is 3.00 bits per heavy atom. The van der Waals surface area contributed by atoms with Gasteiger partial charge >= 0.3 is 0 Å². The first kappa shape index (κ1) is 7.89. The molecule has 0 saturated carbocycles. The van der Waals surface area contributed by atoms with Crippen molar-refractivity contribution in [3.8, 4) is 0 Å². The SMILES string of the molecule is C=CC1=C(SC)CCNC1. The minimum atomic E-state index is 1.000. The summed E-state index contributed by atoms with van der Waals surface area (Å²) in [5.41, 5.74) is 1.37. The first-order chi connectivity index (χ1) is 4.88. The van der Waals surface area contributed by atoms with E-state index >= 15 is 0 Å². The largest absolute Gasteiger partial charge is 0.312 e. The molecule has 0 aromatic heterocycles. The molecular weight excluding hydrogens is 142 g/mol. The highest BCUT2D eigenvalue weighted by Crippen LogP contribution is 2.22. The van der Waals surface area contributed by atoms with Crippen molar-refractivity contribution < 1.29 is 0 Å². The van der Waals surface area contributed by atoms with Gasteiger partial charge in [0.2, 0.25) is 0 Å². The summed E-state index contributed by atoms with van der Waals surface area (Å²) in [6.45, 7) is 5.89. The number of nitrogens with one attached hydrogen (secondary N) is 1. The Labute approximate surface area is 66.6 Å². The lowest BCUT2D eigenvalue weighted by Crippen LogP contribution is -2.23. The van der Waals surface area contributed by atoms with Gasteiger partial charge < -0.3 is 5.32 Å². The van der Waals surface area contributed by atoms with Gasteiger partial charge in [-0.05, 0) is 23.2 Å². The molecule has 10 heavy (non-hydrogen) atoms. The summed E-state index contributed by atoms with van der Waals surface area (Å²) in [5, 5.41) is 3.31. The Kier molecular flexibility index (Phi) is 3.03. The van der Waals surface area contributed by atoms with Gasteiger partial charge in [-0.2, -0.15) is 0 Å². The predicted octanol–water partition coefficient (Wildman–Crippen LogP) is 1.78. The van der Waals surface area contributed by atoms with Crippen LogP contribution in [0.3, 0.4) is 0 Å². The Morgan fingerprint density at radius 2 is 2.50 bits per heavy atom. The second-order valence-corrected chi connectivity index (χ2v) is 3.18. The molecule has 0 spiro atoms. The van der Waals surface area contributed by atoms with Crippen LogP contribution in [0.15, 0.2) is 23.1 Å². The average Bonchev–Trinajstić information content (AvgIpc) is 2.04. The number of hydrogen-bond acceptors (Lipinski definition) is 2. The molecule has 0 amide bonds. The van der Waals surface area contributed by atoms with Crippen LogP contribution in [0.1, 0.15) is 6.42 Å². The lowest BCUT2D eigenvalue weighted by Gasteiger charge is -2.16. The quantitative estimate of drug-likeness (QED) is 0.652. The molecular formula is C8H13NS. The summed E-state index contributed by atoms with van der Waals surface area (Å²) in [5.74, 6) is 0. The Bertz CT molecular complexity index is 161. The molecule has 0 fully saturated rings. The lowest BCUT2D eigenvalue weighted by molar-refractivity contribution is 0.706. The third kappa shape index (κ3) is 1.64. The maximum absolute atomic E-state index is 3.77. The first-order valence-corrected chi connectivity index (χ1v) is 4.70. The summed E-state index contributed by atoms with van der Waals surface area (Å²) >= 11 is 1.85. The molecule has 0 aromatic carbocycles. The topological polar surface area (TPSA) is 12.0 Å². The Hall–Kier alpha value is -0.210. The van der Waals surface area contributed by atoms with Crippen LogP contribution >= 0.6 is 11.8 Å². The zero-order chi connectivity index (χ0) is 7.40. The molecule has 1 aliphatic heterocycles. The molecule has 0 aromatic rings. The summed E-state index contributed by atoms with van der Waals surface area (Å²) < 4.78 is 0. The fraction of sp³-hybridized carbons (Fsp3) is 0.500. The van der Waals surface area contributed by atoms with Crippen LogP contribution in [0.2, 0.25) is 0 Å². The van der Waals surface area contributed by atoms with Gasteiger partial charge in [0.05, 0.1) is 0 Å². The van der Waals surface area contributed by atoms with Crippen molar-refractivity contribution >= 4 is 11.8 Å². The van der Waals surface area contributed by atoms with E-state index in [2.05, 4.69) is 18.2 Å². The maximum atomic E-state index is 3.77. The number of rotatable bonds is 2. The minimum absolute atomic E-state index is 1.000. The summed E-state index contributed by atoms with van der Waals surface area (Å²) in [6.07, 6.45) is 5.25. The summed E-state index contributed by atoms with van der Waals surface area (Å²) in [6, 6.07) is 0. The van der Waals surface area contributed by atoms with Crippen LogP contribution in [-0.2, 0) is 0 Å². The average molecular weight is 155 g/mol. The van der Waals surface area contributed by atoms with E-state index in [1.807, 2.05) is 17.8 Å². The van der Waals surface area contributed by atoms with Gasteiger partial charge in [0.25, 0.3) is 0 Å². The molecule has 1 heterocycles. The molecule has 1 rings (SSSR count). The standard InChI is InChI=1S/C8H13NS/c1-3-7-6-9-5-4-8(7)10-2/h3,9H,1,4-6H2,2H3. The second-order valence-electron chi connectivity index (χ2n) is 2.28. The smallest absolute Gasteiger partial charge is 0.0213 e. The third-order valence-electron chi connectivity index (χ3n) is 1.70. The van der Waals surface area contributed by atoms with Crippen molar-refractivity contribution in [2.45, 2.75) is 6.42 Å². The normalized spacial score (nSPS) is 19.3. The van der Waals surface area contributed by atoms with Crippen LogP contribution in [-0.4, -0.2) is 19.3 Å². The van der Waals surface area contributed by atoms with Gasteiger partial charge in [-0.1, -0.05) is 12.7 Å². The monoisotopic (exact) mass is 155 g/mol. The van der Waals surface area contributed by atoms with Gasteiger partial charge in [-0.25, -0.2) is 0 Å². The van der Waals surface area contributed by atoms with Crippen LogP contribution in [0.4, 0.5) is 0 Å². The Balaban J connectivity index is 2.72. The number of thioether (sulfide) groups is 1. The van der Waals surface area contributed by atoms with E-state index in [1.165, 1.54) is 16.9 Å². The number of hydrogen-bond donors (Lipinski definition) is 1. The van der Waals surface area contributed by atoms with Crippen molar-refractivity contribution in [1.82, 2.24) is 5.32 Å². The van der Waals surface area contributed by atoms with E-state index in [9.17, 15) is 0 Å². The van der Waals surface area contributed by atoms with E-state index in [0.717, 1.165) is 13.1 Å².